The Morgan fingerprint density at radius 1 is 1.07 bits per heavy atom. The van der Waals surface area contributed by atoms with Crippen LogP contribution in [0.2, 0.25) is 5.02 Å². The summed E-state index contributed by atoms with van der Waals surface area (Å²) < 4.78 is 0. The average Bonchev–Trinajstić information content (AvgIpc) is 2.75. The number of aromatic nitrogens is 3. The standard InChI is InChI=1S/C21H20ClN5O2/c22-17-6-2-1-4-15(17)18-7-8-19(26-25-18)27-12-9-14(10-13-27)24-21(29)16-5-3-11-23-20(16)28/h1-8,11,14H,9-10,12-13H2,(H,23,28)(H,24,29). The summed E-state index contributed by atoms with van der Waals surface area (Å²) in [6.45, 7) is 1.49. The lowest BCUT2D eigenvalue weighted by Crippen LogP contribution is -2.45. The summed E-state index contributed by atoms with van der Waals surface area (Å²) in [5.41, 5.74) is 1.34. The van der Waals surface area contributed by atoms with Gasteiger partial charge in [0.1, 0.15) is 5.56 Å². The second-order valence-electron chi connectivity index (χ2n) is 6.90. The third-order valence-electron chi connectivity index (χ3n) is 5.02. The highest BCUT2D eigenvalue weighted by molar-refractivity contribution is 6.33. The number of piperidine rings is 1. The van der Waals surface area contributed by atoms with E-state index in [0.717, 1.165) is 43.0 Å². The molecule has 1 aromatic carbocycles. The summed E-state index contributed by atoms with van der Waals surface area (Å²) >= 11 is 6.22. The highest BCUT2D eigenvalue weighted by Crippen LogP contribution is 2.26. The lowest BCUT2D eigenvalue weighted by Gasteiger charge is -2.32. The van der Waals surface area contributed by atoms with Gasteiger partial charge in [-0.1, -0.05) is 29.8 Å². The maximum atomic E-state index is 12.3. The van der Waals surface area contributed by atoms with Gasteiger partial charge in [-0.25, -0.2) is 0 Å². The third-order valence-corrected chi connectivity index (χ3v) is 5.35. The summed E-state index contributed by atoms with van der Waals surface area (Å²) in [7, 11) is 0. The number of nitrogens with zero attached hydrogens (tertiary/aromatic N) is 3. The van der Waals surface area contributed by atoms with Gasteiger partial charge < -0.3 is 15.2 Å². The molecule has 3 heterocycles. The molecule has 0 atom stereocenters. The van der Waals surface area contributed by atoms with Crippen LogP contribution in [-0.2, 0) is 0 Å². The van der Waals surface area contributed by atoms with Crippen molar-refractivity contribution in [2.75, 3.05) is 18.0 Å². The van der Waals surface area contributed by atoms with E-state index in [-0.39, 0.29) is 23.1 Å². The number of anilines is 1. The number of hydrogen-bond donors (Lipinski definition) is 2. The van der Waals surface area contributed by atoms with Crippen molar-refractivity contribution in [3.05, 3.63) is 75.7 Å². The van der Waals surface area contributed by atoms with Crippen LogP contribution >= 0.6 is 11.6 Å². The second-order valence-corrected chi connectivity index (χ2v) is 7.31. The van der Waals surface area contributed by atoms with Crippen molar-refractivity contribution in [2.45, 2.75) is 18.9 Å². The summed E-state index contributed by atoms with van der Waals surface area (Å²) in [6.07, 6.45) is 3.05. The lowest BCUT2D eigenvalue weighted by molar-refractivity contribution is 0.0929. The van der Waals surface area contributed by atoms with Crippen molar-refractivity contribution >= 4 is 23.3 Å². The summed E-state index contributed by atoms with van der Waals surface area (Å²) in [5, 5.41) is 12.3. The molecule has 29 heavy (non-hydrogen) atoms. The van der Waals surface area contributed by atoms with E-state index in [1.165, 1.54) is 12.3 Å². The highest BCUT2D eigenvalue weighted by Gasteiger charge is 2.23. The van der Waals surface area contributed by atoms with E-state index in [0.29, 0.717) is 5.02 Å². The molecule has 1 saturated heterocycles. The molecule has 8 heteroatoms. The maximum absolute atomic E-state index is 12.3. The van der Waals surface area contributed by atoms with Gasteiger partial charge in [-0.15, -0.1) is 10.2 Å². The van der Waals surface area contributed by atoms with Crippen LogP contribution in [0.15, 0.2) is 59.5 Å². The van der Waals surface area contributed by atoms with Crippen molar-refractivity contribution in [1.82, 2.24) is 20.5 Å². The van der Waals surface area contributed by atoms with Crippen LogP contribution < -0.4 is 15.8 Å². The van der Waals surface area contributed by atoms with Gasteiger partial charge in [0.15, 0.2) is 5.82 Å². The second kappa shape index (κ2) is 8.45. The van der Waals surface area contributed by atoms with Crippen molar-refractivity contribution in [3.63, 3.8) is 0 Å². The highest BCUT2D eigenvalue weighted by atomic mass is 35.5. The fourth-order valence-corrected chi connectivity index (χ4v) is 3.66. The molecule has 2 N–H and O–H groups in total. The number of carbonyl (C=O) groups is 1. The Balaban J connectivity index is 1.36. The fourth-order valence-electron chi connectivity index (χ4n) is 3.42. The first-order chi connectivity index (χ1) is 14.1. The molecule has 2 aromatic heterocycles. The minimum absolute atomic E-state index is 0.0220. The lowest BCUT2D eigenvalue weighted by atomic mass is 10.0. The molecule has 1 aliphatic heterocycles. The van der Waals surface area contributed by atoms with Crippen molar-refractivity contribution in [1.29, 1.82) is 0 Å². The molecule has 0 unspecified atom stereocenters. The molecule has 148 valence electrons. The van der Waals surface area contributed by atoms with E-state index in [2.05, 4.69) is 25.4 Å². The van der Waals surface area contributed by atoms with Crippen LogP contribution in [0, 0.1) is 0 Å². The molecule has 0 radical (unpaired) electrons. The van der Waals surface area contributed by atoms with E-state index in [9.17, 15) is 9.59 Å². The topological polar surface area (TPSA) is 91.0 Å². The zero-order valence-corrected chi connectivity index (χ0v) is 16.4. The predicted octanol–water partition coefficient (Wildman–Crippen LogP) is 2.88. The van der Waals surface area contributed by atoms with Crippen LogP contribution in [0.1, 0.15) is 23.2 Å². The van der Waals surface area contributed by atoms with E-state index < -0.39 is 0 Å². The Hall–Kier alpha value is -3.19. The zero-order valence-electron chi connectivity index (χ0n) is 15.6. The molecule has 1 amide bonds. The average molecular weight is 410 g/mol. The minimum Gasteiger partial charge on any atom is -0.355 e. The van der Waals surface area contributed by atoms with Crippen LogP contribution in [0.4, 0.5) is 5.82 Å². The smallest absolute Gasteiger partial charge is 0.260 e. The van der Waals surface area contributed by atoms with Gasteiger partial charge in [0.05, 0.1) is 10.7 Å². The number of aromatic amines is 1. The monoisotopic (exact) mass is 409 g/mol. The Bertz CT molecular complexity index is 1060. The number of halogens is 1. The van der Waals surface area contributed by atoms with Crippen molar-refractivity contribution < 1.29 is 4.79 Å². The maximum Gasteiger partial charge on any atom is 0.260 e. The number of rotatable bonds is 4. The zero-order chi connectivity index (χ0) is 20.2. The summed E-state index contributed by atoms with van der Waals surface area (Å²) in [4.78, 5) is 28.7. The number of nitrogens with one attached hydrogen (secondary N) is 2. The fraction of sp³-hybridized carbons (Fsp3) is 0.238. The van der Waals surface area contributed by atoms with Gasteiger partial charge in [0.25, 0.3) is 11.5 Å². The van der Waals surface area contributed by atoms with Gasteiger partial charge >= 0.3 is 0 Å². The van der Waals surface area contributed by atoms with E-state index in [1.54, 1.807) is 6.07 Å². The first-order valence-corrected chi connectivity index (χ1v) is 9.82. The van der Waals surface area contributed by atoms with Crippen LogP contribution in [0.25, 0.3) is 11.3 Å². The van der Waals surface area contributed by atoms with Crippen molar-refractivity contribution in [2.24, 2.45) is 0 Å². The molecular formula is C21H20ClN5O2. The molecule has 7 nitrogen and oxygen atoms in total. The Labute approximate surface area is 172 Å². The molecule has 3 aromatic rings. The van der Waals surface area contributed by atoms with Gasteiger partial charge in [-0.05, 0) is 43.2 Å². The number of benzene rings is 1. The van der Waals surface area contributed by atoms with Gasteiger partial charge in [0, 0.05) is 30.9 Å². The first kappa shape index (κ1) is 19.1. The van der Waals surface area contributed by atoms with Gasteiger partial charge in [-0.2, -0.15) is 0 Å². The first-order valence-electron chi connectivity index (χ1n) is 9.44. The molecule has 0 saturated carbocycles. The molecule has 1 fully saturated rings. The van der Waals surface area contributed by atoms with Crippen molar-refractivity contribution in [3.8, 4) is 11.3 Å². The normalized spacial score (nSPS) is 14.6. The molecule has 1 aliphatic rings. The number of hydrogen-bond acceptors (Lipinski definition) is 5. The van der Waals surface area contributed by atoms with Gasteiger partial charge in [0.2, 0.25) is 0 Å². The third kappa shape index (κ3) is 4.30. The Kier molecular flexibility index (Phi) is 5.57. The quantitative estimate of drug-likeness (QED) is 0.691. The molecule has 4 rings (SSSR count). The largest absolute Gasteiger partial charge is 0.355 e. The molecule has 0 spiro atoms. The van der Waals surface area contributed by atoms with Gasteiger partial charge in [-0.3, -0.25) is 9.59 Å². The van der Waals surface area contributed by atoms with E-state index >= 15 is 0 Å². The number of pyridine rings is 1. The minimum atomic E-state index is -0.378. The molecule has 0 bridgehead atoms. The Morgan fingerprint density at radius 2 is 1.86 bits per heavy atom. The number of amides is 1. The summed E-state index contributed by atoms with van der Waals surface area (Å²) in [6, 6.07) is 14.6. The van der Waals surface area contributed by atoms with Crippen LogP contribution in [0.3, 0.4) is 0 Å². The predicted molar refractivity (Wildman–Crippen MR) is 112 cm³/mol. The number of carbonyl (C=O) groups excluding carboxylic acids is 1. The molecular weight excluding hydrogens is 390 g/mol. The van der Waals surface area contributed by atoms with E-state index in [4.69, 9.17) is 11.6 Å². The van der Waals surface area contributed by atoms with Crippen LogP contribution in [-0.4, -0.2) is 40.2 Å². The SMILES string of the molecule is O=C(NC1CCN(c2ccc(-c3ccccc3Cl)nn2)CC1)c1ccc[nH]c1=O. The number of H-pyrrole nitrogens is 1. The van der Waals surface area contributed by atoms with E-state index in [1.807, 2.05) is 36.4 Å². The summed E-state index contributed by atoms with van der Waals surface area (Å²) in [5.74, 6) is 0.458. The Morgan fingerprint density at radius 3 is 2.55 bits per heavy atom. The molecule has 0 aliphatic carbocycles. The van der Waals surface area contributed by atoms with Crippen LogP contribution in [0.5, 0.6) is 0 Å².